The van der Waals surface area contributed by atoms with Crippen LogP contribution in [0, 0.1) is 0 Å². The molecule has 68 heavy (non-hydrogen) atoms. The van der Waals surface area contributed by atoms with Crippen molar-refractivity contribution in [2.75, 3.05) is 14.7 Å². The Morgan fingerprint density at radius 3 is 1.59 bits per heavy atom. The SMILES string of the molecule is CC(C)(C)c1ccc2c(c1)C1(c3ccccc3)CCCCC1(C)N2c1cc2c3c(c1)N1c4c(cc(C(C)(C)C)cc4C4(c5ccccc5)CCCCC14C)B3c1ccccc1N2c1ccccc1. The van der Waals surface area contributed by atoms with E-state index in [-0.39, 0.29) is 39.5 Å². The Morgan fingerprint density at radius 1 is 0.426 bits per heavy atom. The normalized spacial score (nSPS) is 25.3. The number of anilines is 7. The topological polar surface area (TPSA) is 9.72 Å². The first-order valence-electron chi connectivity index (χ1n) is 25.9. The van der Waals surface area contributed by atoms with Crippen molar-refractivity contribution in [2.24, 2.45) is 0 Å². The first-order valence-corrected chi connectivity index (χ1v) is 25.9. The van der Waals surface area contributed by atoms with E-state index in [1.807, 2.05) is 0 Å². The molecule has 4 unspecified atom stereocenters. The molecule has 13 rings (SSSR count). The lowest BCUT2D eigenvalue weighted by Crippen LogP contribution is -2.65. The van der Waals surface area contributed by atoms with Crippen molar-refractivity contribution in [3.8, 4) is 0 Å². The van der Waals surface area contributed by atoms with E-state index in [1.54, 1.807) is 0 Å². The molecule has 4 aliphatic heterocycles. The first kappa shape index (κ1) is 42.1. The molecular formula is C64H66BN3. The average Bonchev–Trinajstić information content (AvgIpc) is 3.73. The Hall–Kier alpha value is -6.00. The fourth-order valence-electron chi connectivity index (χ4n) is 15.4. The highest BCUT2D eigenvalue weighted by atomic mass is 15.3. The number of hydrogen-bond acceptors (Lipinski definition) is 3. The molecule has 7 aromatic rings. The van der Waals surface area contributed by atoms with Crippen molar-refractivity contribution in [3.05, 3.63) is 191 Å². The van der Waals surface area contributed by atoms with Crippen molar-refractivity contribution in [1.82, 2.24) is 0 Å². The zero-order chi connectivity index (χ0) is 46.6. The van der Waals surface area contributed by atoms with Crippen LogP contribution in [0.2, 0.25) is 0 Å². The molecular weight excluding hydrogens is 822 g/mol. The third kappa shape index (κ3) is 5.33. The minimum Gasteiger partial charge on any atom is -0.335 e. The summed E-state index contributed by atoms with van der Waals surface area (Å²) >= 11 is 0. The van der Waals surface area contributed by atoms with Crippen LogP contribution in [-0.2, 0) is 21.7 Å². The highest BCUT2D eigenvalue weighted by Crippen LogP contribution is 2.67. The lowest BCUT2D eigenvalue weighted by atomic mass is 9.33. The molecule has 4 heterocycles. The molecule has 6 aliphatic rings. The Labute approximate surface area is 406 Å². The number of rotatable bonds is 4. The number of hydrogen-bond donors (Lipinski definition) is 0. The second-order valence-electron chi connectivity index (χ2n) is 23.9. The maximum Gasteiger partial charge on any atom is 0.252 e. The van der Waals surface area contributed by atoms with Gasteiger partial charge in [-0.1, -0.05) is 189 Å². The van der Waals surface area contributed by atoms with Crippen molar-refractivity contribution >= 4 is 62.9 Å². The summed E-state index contributed by atoms with van der Waals surface area (Å²) in [6, 6.07) is 62.3. The van der Waals surface area contributed by atoms with Gasteiger partial charge >= 0.3 is 0 Å². The van der Waals surface area contributed by atoms with Crippen molar-refractivity contribution in [2.45, 2.75) is 139 Å². The zero-order valence-electron chi connectivity index (χ0n) is 41.6. The molecule has 4 heteroatoms. The summed E-state index contributed by atoms with van der Waals surface area (Å²) in [5, 5.41) is 0. The van der Waals surface area contributed by atoms with Crippen molar-refractivity contribution < 1.29 is 0 Å². The van der Waals surface area contributed by atoms with Gasteiger partial charge in [-0.15, -0.1) is 0 Å². The highest BCUT2D eigenvalue weighted by Gasteiger charge is 2.65. The van der Waals surface area contributed by atoms with Crippen LogP contribution in [0.3, 0.4) is 0 Å². The highest BCUT2D eigenvalue weighted by molar-refractivity contribution is 7.00. The maximum atomic E-state index is 2.96. The average molecular weight is 888 g/mol. The van der Waals surface area contributed by atoms with Crippen LogP contribution in [0.5, 0.6) is 0 Å². The predicted octanol–water partition coefficient (Wildman–Crippen LogP) is 14.4. The van der Waals surface area contributed by atoms with E-state index in [0.29, 0.717) is 0 Å². The van der Waals surface area contributed by atoms with Gasteiger partial charge in [0.2, 0.25) is 0 Å². The summed E-state index contributed by atoms with van der Waals surface area (Å²) in [6.07, 6.45) is 9.37. The van der Waals surface area contributed by atoms with Crippen LogP contribution in [0.15, 0.2) is 158 Å². The maximum absolute atomic E-state index is 2.96. The zero-order valence-corrected chi connectivity index (χ0v) is 41.6. The molecule has 4 atom stereocenters. The molecule has 0 amide bonds. The van der Waals surface area contributed by atoms with Gasteiger partial charge < -0.3 is 14.7 Å². The molecule has 0 N–H and O–H groups in total. The quantitative estimate of drug-likeness (QED) is 0.163. The smallest absolute Gasteiger partial charge is 0.252 e. The summed E-state index contributed by atoms with van der Waals surface area (Å²) in [5.41, 5.74) is 21.6. The first-order chi connectivity index (χ1) is 32.7. The summed E-state index contributed by atoms with van der Waals surface area (Å²) in [5.74, 6) is 0. The summed E-state index contributed by atoms with van der Waals surface area (Å²) in [7, 11) is 0. The monoisotopic (exact) mass is 888 g/mol. The summed E-state index contributed by atoms with van der Waals surface area (Å²) in [4.78, 5) is 8.46. The molecule has 3 nitrogen and oxygen atoms in total. The van der Waals surface area contributed by atoms with Crippen LogP contribution < -0.4 is 31.1 Å². The molecule has 2 aliphatic carbocycles. The third-order valence-corrected chi connectivity index (χ3v) is 18.5. The van der Waals surface area contributed by atoms with E-state index in [2.05, 4.69) is 228 Å². The van der Waals surface area contributed by atoms with Crippen molar-refractivity contribution in [3.63, 3.8) is 0 Å². The van der Waals surface area contributed by atoms with Gasteiger partial charge in [0.15, 0.2) is 0 Å². The van der Waals surface area contributed by atoms with Gasteiger partial charge in [-0.05, 0) is 137 Å². The van der Waals surface area contributed by atoms with Crippen LogP contribution in [0.4, 0.5) is 39.8 Å². The van der Waals surface area contributed by atoms with E-state index in [1.165, 1.54) is 115 Å². The number of para-hydroxylation sites is 2. The van der Waals surface area contributed by atoms with Gasteiger partial charge in [-0.3, -0.25) is 0 Å². The fourth-order valence-corrected chi connectivity index (χ4v) is 15.4. The summed E-state index contributed by atoms with van der Waals surface area (Å²) in [6.45, 7) is 19.8. The standard InChI is InChI=1S/C64H66BN3/c1-59(2,3)45-32-33-53-49(38-45)63(43-24-12-9-13-25-43)36-22-20-34-61(63,7)67(53)48-41-55-57-56(42-48)68-58-50(64(44-26-14-10-15-27-44)37-23-21-35-62(64,68)8)39-46(60(4,5)6)40-52(58)65(57)51-30-18-19-31-54(51)66(55)47-28-16-11-17-29-47/h9-19,24-33,38-42H,20-23,34-37H2,1-8H3. The van der Waals surface area contributed by atoms with E-state index >= 15 is 0 Å². The lowest BCUT2D eigenvalue weighted by Gasteiger charge is -2.55. The molecule has 2 saturated carbocycles. The Bertz CT molecular complexity index is 3170. The van der Waals surface area contributed by atoms with Crippen LogP contribution in [0.1, 0.15) is 140 Å². The number of fused-ring (bicyclic) bond motifs is 10. The minimum absolute atomic E-state index is 0.0222. The van der Waals surface area contributed by atoms with E-state index < -0.39 is 0 Å². The Balaban J connectivity index is 1.17. The number of benzene rings is 7. The van der Waals surface area contributed by atoms with E-state index in [9.17, 15) is 0 Å². The molecule has 0 radical (unpaired) electrons. The van der Waals surface area contributed by atoms with E-state index in [0.717, 1.165) is 25.7 Å². The number of nitrogens with zero attached hydrogens (tertiary/aromatic N) is 3. The van der Waals surface area contributed by atoms with Gasteiger partial charge in [-0.25, -0.2) is 0 Å². The van der Waals surface area contributed by atoms with Gasteiger partial charge in [-0.2, -0.15) is 0 Å². The van der Waals surface area contributed by atoms with Crippen LogP contribution in [0.25, 0.3) is 0 Å². The molecule has 0 aromatic heterocycles. The molecule has 2 fully saturated rings. The van der Waals surface area contributed by atoms with Crippen LogP contribution >= 0.6 is 0 Å². The van der Waals surface area contributed by atoms with Gasteiger partial charge in [0.1, 0.15) is 0 Å². The minimum atomic E-state index is -0.219. The Kier molecular flexibility index (Phi) is 8.85. The van der Waals surface area contributed by atoms with Crippen molar-refractivity contribution in [1.29, 1.82) is 0 Å². The molecule has 0 bridgehead atoms. The van der Waals surface area contributed by atoms with Crippen LogP contribution in [-0.4, -0.2) is 17.8 Å². The third-order valence-electron chi connectivity index (χ3n) is 18.5. The largest absolute Gasteiger partial charge is 0.335 e. The van der Waals surface area contributed by atoms with E-state index in [4.69, 9.17) is 0 Å². The van der Waals surface area contributed by atoms with Gasteiger partial charge in [0, 0.05) is 50.6 Å². The fraction of sp³-hybridized carbons (Fsp3) is 0.344. The second-order valence-corrected chi connectivity index (χ2v) is 23.9. The molecule has 340 valence electrons. The second kappa shape index (κ2) is 14.3. The lowest BCUT2D eigenvalue weighted by molar-refractivity contribution is 0.214. The molecule has 0 spiro atoms. The predicted molar refractivity (Wildman–Crippen MR) is 289 cm³/mol. The summed E-state index contributed by atoms with van der Waals surface area (Å²) < 4.78 is 0. The van der Waals surface area contributed by atoms with Gasteiger partial charge in [0.25, 0.3) is 6.71 Å². The Morgan fingerprint density at radius 2 is 0.956 bits per heavy atom. The molecule has 0 saturated heterocycles. The van der Waals surface area contributed by atoms with Gasteiger partial charge in [0.05, 0.1) is 11.1 Å². The molecule has 7 aromatic carbocycles.